The number of rotatable bonds is 10. The fourth-order valence-corrected chi connectivity index (χ4v) is 1.07. The Balaban J connectivity index is 3.18. The zero-order chi connectivity index (χ0) is 12.2. The first-order valence-corrected chi connectivity index (χ1v) is 5.74. The summed E-state index contributed by atoms with van der Waals surface area (Å²) >= 11 is 0. The minimum Gasteiger partial charge on any atom is -0.382 e. The molecular weight excluding hydrogens is 208 g/mol. The number of hydrogen-bond acceptors (Lipinski definition) is 4. The number of carbonyl (C=O) groups is 1. The Morgan fingerprint density at radius 2 is 2.00 bits per heavy atom. The van der Waals surface area contributed by atoms with E-state index in [2.05, 4.69) is 10.6 Å². The van der Waals surface area contributed by atoms with Gasteiger partial charge in [0.15, 0.2) is 0 Å². The van der Waals surface area contributed by atoms with Gasteiger partial charge in [-0.05, 0) is 26.8 Å². The molecule has 0 radical (unpaired) electrons. The predicted octanol–water partition coefficient (Wildman–Crippen LogP) is 0.154. The van der Waals surface area contributed by atoms with Gasteiger partial charge in [0.2, 0.25) is 5.91 Å². The Kier molecular flexibility index (Phi) is 10.4. The quantitative estimate of drug-likeness (QED) is 0.527. The molecule has 16 heavy (non-hydrogen) atoms. The Morgan fingerprint density at radius 1 is 1.25 bits per heavy atom. The molecular formula is C11H24N2O3. The van der Waals surface area contributed by atoms with Crippen LogP contribution in [-0.2, 0) is 14.3 Å². The van der Waals surface area contributed by atoms with Crippen molar-refractivity contribution in [2.45, 2.75) is 25.8 Å². The highest BCUT2D eigenvalue weighted by molar-refractivity contribution is 5.81. The first kappa shape index (κ1) is 15.3. The molecule has 0 aliphatic carbocycles. The van der Waals surface area contributed by atoms with Gasteiger partial charge in [0.1, 0.15) is 0 Å². The molecule has 0 aliphatic rings. The number of hydrogen-bond donors (Lipinski definition) is 2. The maximum Gasteiger partial charge on any atom is 0.236 e. The van der Waals surface area contributed by atoms with Crippen LogP contribution in [0.2, 0.25) is 0 Å². The zero-order valence-electron chi connectivity index (χ0n) is 10.5. The SMILES string of the molecule is CNC(C)C(=O)NCCCCOCCOC. The van der Waals surface area contributed by atoms with E-state index in [0.29, 0.717) is 19.8 Å². The predicted molar refractivity (Wildman–Crippen MR) is 63.5 cm³/mol. The molecule has 0 aromatic heterocycles. The summed E-state index contributed by atoms with van der Waals surface area (Å²) in [5.74, 6) is 0.0443. The molecule has 0 saturated heterocycles. The van der Waals surface area contributed by atoms with Gasteiger partial charge in [-0.2, -0.15) is 0 Å². The lowest BCUT2D eigenvalue weighted by atomic mass is 10.3. The van der Waals surface area contributed by atoms with E-state index >= 15 is 0 Å². The van der Waals surface area contributed by atoms with Crippen LogP contribution in [0.5, 0.6) is 0 Å². The smallest absolute Gasteiger partial charge is 0.236 e. The van der Waals surface area contributed by atoms with Gasteiger partial charge in [-0.15, -0.1) is 0 Å². The molecule has 5 heteroatoms. The molecule has 0 saturated carbocycles. The normalized spacial score (nSPS) is 12.4. The molecule has 96 valence electrons. The summed E-state index contributed by atoms with van der Waals surface area (Å²) in [4.78, 5) is 11.3. The first-order valence-electron chi connectivity index (χ1n) is 5.74. The van der Waals surface area contributed by atoms with Crippen LogP contribution >= 0.6 is 0 Å². The van der Waals surface area contributed by atoms with E-state index in [1.807, 2.05) is 6.92 Å². The lowest BCUT2D eigenvalue weighted by Crippen LogP contribution is -2.40. The van der Waals surface area contributed by atoms with E-state index in [1.54, 1.807) is 14.2 Å². The highest BCUT2D eigenvalue weighted by Crippen LogP contribution is 1.89. The fourth-order valence-electron chi connectivity index (χ4n) is 1.07. The zero-order valence-corrected chi connectivity index (χ0v) is 10.5. The van der Waals surface area contributed by atoms with Crippen LogP contribution in [0, 0.1) is 0 Å². The molecule has 0 bridgehead atoms. The van der Waals surface area contributed by atoms with Crippen LogP contribution in [0.25, 0.3) is 0 Å². The van der Waals surface area contributed by atoms with Gasteiger partial charge in [-0.25, -0.2) is 0 Å². The highest BCUT2D eigenvalue weighted by Gasteiger charge is 2.07. The van der Waals surface area contributed by atoms with E-state index in [4.69, 9.17) is 9.47 Å². The van der Waals surface area contributed by atoms with E-state index < -0.39 is 0 Å². The summed E-state index contributed by atoms with van der Waals surface area (Å²) in [5.41, 5.74) is 0. The molecule has 0 rings (SSSR count). The van der Waals surface area contributed by atoms with Crippen LogP contribution in [0.1, 0.15) is 19.8 Å². The molecule has 2 N–H and O–H groups in total. The van der Waals surface area contributed by atoms with Crippen molar-refractivity contribution >= 4 is 5.91 Å². The summed E-state index contributed by atoms with van der Waals surface area (Å²) in [6, 6.07) is -0.127. The van der Waals surface area contributed by atoms with Crippen LogP contribution in [0.4, 0.5) is 0 Å². The maximum absolute atomic E-state index is 11.3. The van der Waals surface area contributed by atoms with E-state index in [9.17, 15) is 4.79 Å². The summed E-state index contributed by atoms with van der Waals surface area (Å²) in [6.07, 6.45) is 1.90. The second kappa shape index (κ2) is 10.9. The number of unbranched alkanes of at least 4 members (excludes halogenated alkanes) is 1. The molecule has 0 spiro atoms. The molecule has 0 aliphatic heterocycles. The molecule has 5 nitrogen and oxygen atoms in total. The first-order chi connectivity index (χ1) is 7.72. The third kappa shape index (κ3) is 8.64. The van der Waals surface area contributed by atoms with Gasteiger partial charge in [-0.3, -0.25) is 4.79 Å². The average molecular weight is 232 g/mol. The van der Waals surface area contributed by atoms with Crippen molar-refractivity contribution in [1.29, 1.82) is 0 Å². The van der Waals surface area contributed by atoms with Crippen LogP contribution in [0.3, 0.4) is 0 Å². The molecule has 1 atom stereocenters. The van der Waals surface area contributed by atoms with Crippen molar-refractivity contribution in [3.8, 4) is 0 Å². The third-order valence-electron chi connectivity index (χ3n) is 2.27. The number of likely N-dealkylation sites (N-methyl/N-ethyl adjacent to an activating group) is 1. The topological polar surface area (TPSA) is 59.6 Å². The van der Waals surface area contributed by atoms with Gasteiger partial charge < -0.3 is 20.1 Å². The molecule has 0 aromatic rings. The van der Waals surface area contributed by atoms with Crippen molar-refractivity contribution in [3.05, 3.63) is 0 Å². The molecule has 0 aromatic carbocycles. The van der Waals surface area contributed by atoms with Crippen molar-refractivity contribution in [2.24, 2.45) is 0 Å². The van der Waals surface area contributed by atoms with Crippen molar-refractivity contribution < 1.29 is 14.3 Å². The number of amides is 1. The second-order valence-corrected chi connectivity index (χ2v) is 3.61. The third-order valence-corrected chi connectivity index (χ3v) is 2.27. The summed E-state index contributed by atoms with van der Waals surface area (Å²) in [5, 5.41) is 5.74. The standard InChI is InChI=1S/C11H24N2O3/c1-10(12-2)11(14)13-6-4-5-7-16-9-8-15-3/h10,12H,4-9H2,1-3H3,(H,13,14). The number of carbonyl (C=O) groups excluding carboxylic acids is 1. The van der Waals surface area contributed by atoms with Gasteiger partial charge in [0.25, 0.3) is 0 Å². The molecule has 1 amide bonds. The van der Waals surface area contributed by atoms with Gasteiger partial charge in [0.05, 0.1) is 19.3 Å². The number of nitrogens with one attached hydrogen (secondary N) is 2. The Hall–Kier alpha value is -0.650. The van der Waals surface area contributed by atoms with Crippen LogP contribution < -0.4 is 10.6 Å². The Labute approximate surface area is 97.9 Å². The van der Waals surface area contributed by atoms with Crippen molar-refractivity contribution in [1.82, 2.24) is 10.6 Å². The summed E-state index contributed by atoms with van der Waals surface area (Å²) < 4.78 is 10.2. The minimum absolute atomic E-state index is 0.0443. The van der Waals surface area contributed by atoms with Crippen LogP contribution in [-0.4, -0.2) is 52.5 Å². The van der Waals surface area contributed by atoms with Crippen molar-refractivity contribution in [3.63, 3.8) is 0 Å². The monoisotopic (exact) mass is 232 g/mol. The average Bonchev–Trinajstić information content (AvgIpc) is 2.31. The van der Waals surface area contributed by atoms with Gasteiger partial charge in [0, 0.05) is 20.3 Å². The fraction of sp³-hybridized carbons (Fsp3) is 0.909. The Bertz CT molecular complexity index is 177. The Morgan fingerprint density at radius 3 is 2.62 bits per heavy atom. The van der Waals surface area contributed by atoms with E-state index in [0.717, 1.165) is 19.4 Å². The maximum atomic E-state index is 11.3. The highest BCUT2D eigenvalue weighted by atomic mass is 16.5. The molecule has 1 unspecified atom stereocenters. The number of ether oxygens (including phenoxy) is 2. The molecule has 0 fully saturated rings. The lowest BCUT2D eigenvalue weighted by Gasteiger charge is -2.10. The van der Waals surface area contributed by atoms with Crippen LogP contribution in [0.15, 0.2) is 0 Å². The summed E-state index contributed by atoms with van der Waals surface area (Å²) in [6.45, 7) is 4.54. The summed E-state index contributed by atoms with van der Waals surface area (Å²) in [7, 11) is 3.43. The largest absolute Gasteiger partial charge is 0.382 e. The van der Waals surface area contributed by atoms with Gasteiger partial charge >= 0.3 is 0 Å². The van der Waals surface area contributed by atoms with E-state index in [1.165, 1.54) is 0 Å². The minimum atomic E-state index is -0.127. The van der Waals surface area contributed by atoms with Gasteiger partial charge in [-0.1, -0.05) is 0 Å². The van der Waals surface area contributed by atoms with E-state index in [-0.39, 0.29) is 11.9 Å². The second-order valence-electron chi connectivity index (χ2n) is 3.61. The van der Waals surface area contributed by atoms with Crippen molar-refractivity contribution in [2.75, 3.05) is 40.5 Å². The number of methoxy groups -OCH3 is 1. The molecule has 0 heterocycles. The lowest BCUT2D eigenvalue weighted by molar-refractivity contribution is -0.122.